The normalized spacial score (nSPS) is 22.5. The van der Waals surface area contributed by atoms with Crippen LogP contribution in [0, 0.1) is 0 Å². The monoisotopic (exact) mass is 371 g/mol. The molecule has 0 spiro atoms. The number of aromatic nitrogens is 4. The standard InChI is InChI=1S/C19H25N5OS/c25-19-9-14-13-26-8-5-17(14)21-24(19)12-16-3-1-6-22(16)11-15-10-20-23-7-2-4-18(15)23/h9-10,16H,1-8,11-13H2. The van der Waals surface area contributed by atoms with Crippen molar-refractivity contribution in [1.82, 2.24) is 24.5 Å². The second-order valence-electron chi connectivity index (χ2n) is 7.65. The van der Waals surface area contributed by atoms with Gasteiger partial charge >= 0.3 is 0 Å². The van der Waals surface area contributed by atoms with Crippen LogP contribution in [0.1, 0.15) is 41.8 Å². The number of hydrogen-bond donors (Lipinski definition) is 0. The van der Waals surface area contributed by atoms with Crippen LogP contribution in [0.4, 0.5) is 0 Å². The quantitative estimate of drug-likeness (QED) is 0.821. The van der Waals surface area contributed by atoms with Gasteiger partial charge in [-0.1, -0.05) is 0 Å². The van der Waals surface area contributed by atoms with Gasteiger partial charge in [0.05, 0.1) is 18.4 Å². The molecule has 6 nitrogen and oxygen atoms in total. The molecule has 0 radical (unpaired) electrons. The predicted molar refractivity (Wildman–Crippen MR) is 102 cm³/mol. The van der Waals surface area contributed by atoms with Gasteiger partial charge in [-0.2, -0.15) is 22.0 Å². The van der Waals surface area contributed by atoms with Crippen LogP contribution in [-0.2, 0) is 38.2 Å². The smallest absolute Gasteiger partial charge is 0.267 e. The molecule has 138 valence electrons. The summed E-state index contributed by atoms with van der Waals surface area (Å²) in [7, 11) is 0. The highest BCUT2D eigenvalue weighted by Crippen LogP contribution is 2.26. The largest absolute Gasteiger partial charge is 0.294 e. The lowest BCUT2D eigenvalue weighted by molar-refractivity contribution is 0.215. The SMILES string of the molecule is O=c1cc2c(nn1CC1CCCN1Cc1cnn3c1CCC3)CCSC2. The maximum absolute atomic E-state index is 12.5. The molecule has 7 heteroatoms. The molecule has 5 rings (SSSR count). The van der Waals surface area contributed by atoms with Gasteiger partial charge in [0.1, 0.15) is 0 Å². The summed E-state index contributed by atoms with van der Waals surface area (Å²) in [6.07, 6.45) is 7.74. The van der Waals surface area contributed by atoms with E-state index in [1.54, 1.807) is 4.68 Å². The Morgan fingerprint density at radius 1 is 1.23 bits per heavy atom. The third-order valence-corrected chi connectivity index (χ3v) is 6.99. The number of fused-ring (bicyclic) bond motifs is 2. The van der Waals surface area contributed by atoms with Gasteiger partial charge in [-0.15, -0.1) is 0 Å². The van der Waals surface area contributed by atoms with Gasteiger partial charge in [0, 0.05) is 48.6 Å². The molecule has 0 bridgehead atoms. The highest BCUT2D eigenvalue weighted by Gasteiger charge is 2.28. The molecule has 0 amide bonds. The van der Waals surface area contributed by atoms with Crippen molar-refractivity contribution in [1.29, 1.82) is 0 Å². The van der Waals surface area contributed by atoms with Crippen LogP contribution in [0.25, 0.3) is 0 Å². The molecule has 5 heterocycles. The van der Waals surface area contributed by atoms with Crippen molar-refractivity contribution in [2.45, 2.75) is 63.5 Å². The van der Waals surface area contributed by atoms with E-state index < -0.39 is 0 Å². The van der Waals surface area contributed by atoms with E-state index in [9.17, 15) is 4.79 Å². The Hall–Kier alpha value is -1.60. The van der Waals surface area contributed by atoms with E-state index in [4.69, 9.17) is 5.10 Å². The Kier molecular flexibility index (Phi) is 4.36. The first-order valence-corrected chi connectivity index (χ1v) is 10.9. The van der Waals surface area contributed by atoms with Crippen molar-refractivity contribution in [2.75, 3.05) is 12.3 Å². The third-order valence-electron chi connectivity index (χ3n) is 5.98. The summed E-state index contributed by atoms with van der Waals surface area (Å²) in [5, 5.41) is 9.24. The molecular formula is C19H25N5OS. The van der Waals surface area contributed by atoms with E-state index in [-0.39, 0.29) is 5.56 Å². The van der Waals surface area contributed by atoms with Crippen LogP contribution >= 0.6 is 11.8 Å². The summed E-state index contributed by atoms with van der Waals surface area (Å²) in [6, 6.07) is 2.21. The summed E-state index contributed by atoms with van der Waals surface area (Å²) < 4.78 is 3.88. The Labute approximate surface area is 157 Å². The van der Waals surface area contributed by atoms with Gasteiger partial charge in [-0.3, -0.25) is 14.4 Å². The summed E-state index contributed by atoms with van der Waals surface area (Å²) >= 11 is 1.89. The lowest BCUT2D eigenvalue weighted by Crippen LogP contribution is -2.37. The molecule has 2 aromatic rings. The fourth-order valence-electron chi connectivity index (χ4n) is 4.57. The third kappa shape index (κ3) is 3.01. The Morgan fingerprint density at radius 3 is 3.15 bits per heavy atom. The molecule has 3 aliphatic rings. The molecule has 1 saturated heterocycles. The first kappa shape index (κ1) is 16.6. The highest BCUT2D eigenvalue weighted by atomic mass is 32.2. The van der Waals surface area contributed by atoms with Crippen molar-refractivity contribution in [3.8, 4) is 0 Å². The average molecular weight is 372 g/mol. The lowest BCUT2D eigenvalue weighted by atomic mass is 10.1. The molecular weight excluding hydrogens is 346 g/mol. The summed E-state index contributed by atoms with van der Waals surface area (Å²) in [6.45, 7) is 3.83. The number of aryl methyl sites for hydroxylation is 2. The van der Waals surface area contributed by atoms with E-state index in [1.165, 1.54) is 24.1 Å². The Balaban J connectivity index is 1.34. The van der Waals surface area contributed by atoms with Gasteiger partial charge in [0.2, 0.25) is 0 Å². The van der Waals surface area contributed by atoms with Crippen molar-refractivity contribution in [2.24, 2.45) is 0 Å². The van der Waals surface area contributed by atoms with Crippen molar-refractivity contribution >= 4 is 11.8 Å². The van der Waals surface area contributed by atoms with Crippen LogP contribution in [0.2, 0.25) is 0 Å². The first-order chi connectivity index (χ1) is 12.8. The molecule has 1 fully saturated rings. The van der Waals surface area contributed by atoms with E-state index >= 15 is 0 Å². The number of nitrogens with zero attached hydrogens (tertiary/aromatic N) is 5. The maximum atomic E-state index is 12.5. The molecule has 1 atom stereocenters. The Morgan fingerprint density at radius 2 is 2.19 bits per heavy atom. The molecule has 26 heavy (non-hydrogen) atoms. The van der Waals surface area contributed by atoms with Gasteiger partial charge in [0.25, 0.3) is 5.56 Å². The number of hydrogen-bond acceptors (Lipinski definition) is 5. The topological polar surface area (TPSA) is 56.0 Å². The molecule has 0 saturated carbocycles. The van der Waals surface area contributed by atoms with E-state index in [0.29, 0.717) is 12.6 Å². The molecule has 3 aliphatic heterocycles. The minimum absolute atomic E-state index is 0.0597. The average Bonchev–Trinajstić information content (AvgIpc) is 3.35. The van der Waals surface area contributed by atoms with E-state index in [1.807, 2.05) is 24.0 Å². The Bertz CT molecular complexity index is 873. The molecule has 2 aromatic heterocycles. The fraction of sp³-hybridized carbons (Fsp3) is 0.632. The fourth-order valence-corrected chi connectivity index (χ4v) is 5.52. The number of likely N-dealkylation sites (tertiary alicyclic amines) is 1. The van der Waals surface area contributed by atoms with Crippen molar-refractivity contribution < 1.29 is 0 Å². The first-order valence-electron chi connectivity index (χ1n) is 9.73. The van der Waals surface area contributed by atoms with Gasteiger partial charge in [-0.05, 0) is 43.5 Å². The second-order valence-corrected chi connectivity index (χ2v) is 8.75. The second kappa shape index (κ2) is 6.85. The van der Waals surface area contributed by atoms with Crippen LogP contribution in [0.15, 0.2) is 17.1 Å². The summed E-state index contributed by atoms with van der Waals surface area (Å²) in [5.74, 6) is 2.04. The van der Waals surface area contributed by atoms with Crippen LogP contribution in [0.3, 0.4) is 0 Å². The van der Waals surface area contributed by atoms with Gasteiger partial charge < -0.3 is 0 Å². The zero-order valence-electron chi connectivity index (χ0n) is 15.1. The van der Waals surface area contributed by atoms with E-state index in [0.717, 1.165) is 61.7 Å². The zero-order chi connectivity index (χ0) is 17.5. The number of rotatable bonds is 4. The van der Waals surface area contributed by atoms with E-state index in [2.05, 4.69) is 14.7 Å². The lowest BCUT2D eigenvalue weighted by Gasteiger charge is -2.25. The molecule has 1 unspecified atom stereocenters. The van der Waals surface area contributed by atoms with Gasteiger partial charge in [0.15, 0.2) is 0 Å². The van der Waals surface area contributed by atoms with Crippen molar-refractivity contribution in [3.05, 3.63) is 45.1 Å². The molecule has 0 N–H and O–H groups in total. The maximum Gasteiger partial charge on any atom is 0.267 e. The van der Waals surface area contributed by atoms with Crippen molar-refractivity contribution in [3.63, 3.8) is 0 Å². The minimum Gasteiger partial charge on any atom is -0.294 e. The van der Waals surface area contributed by atoms with Crippen LogP contribution < -0.4 is 5.56 Å². The molecule has 0 aliphatic carbocycles. The summed E-state index contributed by atoms with van der Waals surface area (Å²) in [5.41, 5.74) is 5.11. The van der Waals surface area contributed by atoms with Crippen LogP contribution in [0.5, 0.6) is 0 Å². The zero-order valence-corrected chi connectivity index (χ0v) is 15.9. The minimum atomic E-state index is 0.0597. The predicted octanol–water partition coefficient (Wildman–Crippen LogP) is 1.84. The number of thioether (sulfide) groups is 1. The van der Waals surface area contributed by atoms with Gasteiger partial charge in [-0.25, -0.2) is 4.68 Å². The van der Waals surface area contributed by atoms with Crippen LogP contribution in [-0.4, -0.2) is 42.8 Å². The highest BCUT2D eigenvalue weighted by molar-refractivity contribution is 7.98. The summed E-state index contributed by atoms with van der Waals surface area (Å²) in [4.78, 5) is 15.0. The molecule has 0 aromatic carbocycles.